The molecule has 2 aromatic heterocycles. The summed E-state index contributed by atoms with van der Waals surface area (Å²) in [5, 5.41) is 3.06. The average Bonchev–Trinajstić information content (AvgIpc) is 3.07. The third kappa shape index (κ3) is 3.14. The van der Waals surface area contributed by atoms with Crippen molar-refractivity contribution in [1.82, 2.24) is 9.97 Å². The number of carbonyl (C=O) groups excluding carboxylic acids is 2. The van der Waals surface area contributed by atoms with E-state index < -0.39 is 5.60 Å². The van der Waals surface area contributed by atoms with Crippen LogP contribution >= 0.6 is 0 Å². The van der Waals surface area contributed by atoms with E-state index in [-0.39, 0.29) is 17.8 Å². The first-order valence-electron chi connectivity index (χ1n) is 10.2. The SMILES string of the molecule is O=C1OC2(CCC(C(=O)Nc3cccnc3-c3ccccc3)CC2)c2cnccc21. The maximum Gasteiger partial charge on any atom is 0.339 e. The minimum absolute atomic E-state index is 0.0224. The highest BCUT2D eigenvalue weighted by molar-refractivity contribution is 5.96. The first kappa shape index (κ1) is 18.5. The van der Waals surface area contributed by atoms with Gasteiger partial charge in [0.15, 0.2) is 0 Å². The normalized spacial score (nSPS) is 22.4. The van der Waals surface area contributed by atoms with E-state index in [2.05, 4.69) is 15.3 Å². The third-order valence-corrected chi connectivity index (χ3v) is 6.10. The number of rotatable bonds is 3. The van der Waals surface area contributed by atoms with Crippen LogP contribution in [0.4, 0.5) is 5.69 Å². The fourth-order valence-corrected chi connectivity index (χ4v) is 4.51. The van der Waals surface area contributed by atoms with Gasteiger partial charge in [0.1, 0.15) is 5.60 Å². The van der Waals surface area contributed by atoms with E-state index in [0.717, 1.165) is 16.8 Å². The second-order valence-electron chi connectivity index (χ2n) is 7.83. The van der Waals surface area contributed by atoms with Crippen LogP contribution in [-0.2, 0) is 15.1 Å². The van der Waals surface area contributed by atoms with Crippen molar-refractivity contribution in [3.63, 3.8) is 0 Å². The van der Waals surface area contributed by atoms with Gasteiger partial charge in [0.05, 0.1) is 16.9 Å². The van der Waals surface area contributed by atoms with Gasteiger partial charge in [-0.3, -0.25) is 14.8 Å². The Morgan fingerprint density at radius 2 is 1.83 bits per heavy atom. The summed E-state index contributed by atoms with van der Waals surface area (Å²) in [7, 11) is 0. The van der Waals surface area contributed by atoms with Gasteiger partial charge in [0.25, 0.3) is 0 Å². The minimum Gasteiger partial charge on any atom is -0.450 e. The number of hydrogen-bond donors (Lipinski definition) is 1. The molecule has 1 saturated carbocycles. The van der Waals surface area contributed by atoms with E-state index in [0.29, 0.717) is 36.9 Å². The van der Waals surface area contributed by atoms with Crippen molar-refractivity contribution in [2.24, 2.45) is 5.92 Å². The predicted molar refractivity (Wildman–Crippen MR) is 112 cm³/mol. The van der Waals surface area contributed by atoms with Gasteiger partial charge in [-0.2, -0.15) is 0 Å². The topological polar surface area (TPSA) is 81.2 Å². The number of carbonyl (C=O) groups is 2. The summed E-state index contributed by atoms with van der Waals surface area (Å²) in [6.45, 7) is 0. The highest BCUT2D eigenvalue weighted by Crippen LogP contribution is 2.48. The Kier molecular flexibility index (Phi) is 4.54. The Balaban J connectivity index is 1.31. The molecule has 5 rings (SSSR count). The van der Waals surface area contributed by atoms with E-state index in [1.54, 1.807) is 24.7 Å². The smallest absolute Gasteiger partial charge is 0.339 e. The molecule has 150 valence electrons. The first-order chi connectivity index (χ1) is 14.7. The second kappa shape index (κ2) is 7.37. The van der Waals surface area contributed by atoms with Crippen LogP contribution in [0.15, 0.2) is 67.1 Å². The number of pyridine rings is 2. The molecule has 1 N–H and O–H groups in total. The lowest BCUT2D eigenvalue weighted by atomic mass is 9.75. The minimum atomic E-state index is -0.638. The van der Waals surface area contributed by atoms with Gasteiger partial charge in [0.2, 0.25) is 5.91 Å². The van der Waals surface area contributed by atoms with Crippen LogP contribution in [0, 0.1) is 5.92 Å². The molecule has 3 heterocycles. The summed E-state index contributed by atoms with van der Waals surface area (Å²) in [6.07, 6.45) is 7.59. The molecular formula is C24H21N3O3. The van der Waals surface area contributed by atoms with Crippen molar-refractivity contribution in [2.75, 3.05) is 5.32 Å². The van der Waals surface area contributed by atoms with Crippen molar-refractivity contribution in [1.29, 1.82) is 0 Å². The lowest BCUT2D eigenvalue weighted by Gasteiger charge is -2.35. The Labute approximate surface area is 174 Å². The van der Waals surface area contributed by atoms with E-state index in [9.17, 15) is 9.59 Å². The number of hydrogen-bond acceptors (Lipinski definition) is 5. The van der Waals surface area contributed by atoms with Gasteiger partial charge in [-0.1, -0.05) is 30.3 Å². The molecule has 1 amide bonds. The van der Waals surface area contributed by atoms with Gasteiger partial charge in [0, 0.05) is 35.6 Å². The fraction of sp³-hybridized carbons (Fsp3) is 0.250. The molecular weight excluding hydrogens is 378 g/mol. The summed E-state index contributed by atoms with van der Waals surface area (Å²) >= 11 is 0. The highest BCUT2D eigenvalue weighted by atomic mass is 16.6. The molecule has 30 heavy (non-hydrogen) atoms. The van der Waals surface area contributed by atoms with Crippen LogP contribution in [0.5, 0.6) is 0 Å². The zero-order valence-corrected chi connectivity index (χ0v) is 16.4. The van der Waals surface area contributed by atoms with Crippen LogP contribution < -0.4 is 5.32 Å². The molecule has 0 bridgehead atoms. The molecule has 0 radical (unpaired) electrons. The van der Waals surface area contributed by atoms with Gasteiger partial charge >= 0.3 is 5.97 Å². The molecule has 1 aromatic carbocycles. The molecule has 1 fully saturated rings. The maximum absolute atomic E-state index is 13.0. The number of fused-ring (bicyclic) bond motifs is 2. The fourth-order valence-electron chi connectivity index (χ4n) is 4.51. The van der Waals surface area contributed by atoms with Crippen molar-refractivity contribution >= 4 is 17.6 Å². The number of benzene rings is 1. The van der Waals surface area contributed by atoms with E-state index in [1.807, 2.05) is 42.5 Å². The number of ether oxygens (including phenoxy) is 1. The standard InChI is InChI=1S/C24H21N3O3/c28-22(27-20-7-4-13-26-21(20)16-5-2-1-3-6-16)17-8-11-24(12-9-17)19-15-25-14-10-18(19)23(29)30-24/h1-7,10,13-15,17H,8-9,11-12H2,(H,27,28). The van der Waals surface area contributed by atoms with Gasteiger partial charge in [-0.15, -0.1) is 0 Å². The van der Waals surface area contributed by atoms with Crippen LogP contribution in [0.3, 0.4) is 0 Å². The van der Waals surface area contributed by atoms with Crippen LogP contribution in [0.1, 0.15) is 41.6 Å². The summed E-state index contributed by atoms with van der Waals surface area (Å²) < 4.78 is 5.76. The van der Waals surface area contributed by atoms with Crippen LogP contribution in [0.2, 0.25) is 0 Å². The summed E-state index contributed by atoms with van der Waals surface area (Å²) in [6, 6.07) is 15.2. The monoisotopic (exact) mass is 399 g/mol. The van der Waals surface area contributed by atoms with E-state index in [4.69, 9.17) is 4.74 Å². The number of nitrogens with one attached hydrogen (secondary N) is 1. The first-order valence-corrected chi connectivity index (χ1v) is 10.2. The Morgan fingerprint density at radius 3 is 2.63 bits per heavy atom. The van der Waals surface area contributed by atoms with Gasteiger partial charge in [-0.25, -0.2) is 4.79 Å². The molecule has 0 saturated heterocycles. The average molecular weight is 399 g/mol. The number of amides is 1. The largest absolute Gasteiger partial charge is 0.450 e. The highest BCUT2D eigenvalue weighted by Gasteiger charge is 2.48. The van der Waals surface area contributed by atoms with Crippen molar-refractivity contribution < 1.29 is 14.3 Å². The van der Waals surface area contributed by atoms with E-state index >= 15 is 0 Å². The molecule has 0 unspecified atom stereocenters. The summed E-state index contributed by atoms with van der Waals surface area (Å²) in [5.74, 6) is -0.456. The predicted octanol–water partition coefficient (Wildman–Crippen LogP) is 4.34. The molecule has 1 spiro atoms. The number of aromatic nitrogens is 2. The molecule has 1 aliphatic heterocycles. The van der Waals surface area contributed by atoms with Crippen molar-refractivity contribution in [3.8, 4) is 11.3 Å². The van der Waals surface area contributed by atoms with Crippen molar-refractivity contribution in [3.05, 3.63) is 78.2 Å². The summed E-state index contributed by atoms with van der Waals surface area (Å²) in [5.41, 5.74) is 3.22. The van der Waals surface area contributed by atoms with Crippen molar-refractivity contribution in [2.45, 2.75) is 31.3 Å². The molecule has 3 aromatic rings. The zero-order chi connectivity index (χ0) is 20.6. The quantitative estimate of drug-likeness (QED) is 0.663. The van der Waals surface area contributed by atoms with Gasteiger partial charge < -0.3 is 10.1 Å². The molecule has 2 aliphatic rings. The van der Waals surface area contributed by atoms with Gasteiger partial charge in [-0.05, 0) is 43.9 Å². The number of esters is 1. The zero-order valence-electron chi connectivity index (χ0n) is 16.4. The lowest BCUT2D eigenvalue weighted by molar-refractivity contribution is -0.122. The van der Waals surface area contributed by atoms with Crippen LogP contribution in [-0.4, -0.2) is 21.8 Å². The molecule has 1 aliphatic carbocycles. The number of anilines is 1. The number of nitrogens with zero attached hydrogens (tertiary/aromatic N) is 2. The van der Waals surface area contributed by atoms with E-state index in [1.165, 1.54) is 0 Å². The maximum atomic E-state index is 13.0. The second-order valence-corrected chi connectivity index (χ2v) is 7.83. The van der Waals surface area contributed by atoms with Crippen LogP contribution in [0.25, 0.3) is 11.3 Å². The lowest BCUT2D eigenvalue weighted by Crippen LogP contribution is -2.36. The molecule has 6 heteroatoms. The summed E-state index contributed by atoms with van der Waals surface area (Å²) in [4.78, 5) is 33.9. The molecule has 0 atom stereocenters. The molecule has 6 nitrogen and oxygen atoms in total. The Bertz CT molecular complexity index is 1110. The Morgan fingerprint density at radius 1 is 1.03 bits per heavy atom. The third-order valence-electron chi connectivity index (χ3n) is 6.10. The Hall–Kier alpha value is -3.54.